The zero-order valence-corrected chi connectivity index (χ0v) is 38.5. The van der Waals surface area contributed by atoms with Crippen molar-refractivity contribution in [1.29, 1.82) is 0 Å². The summed E-state index contributed by atoms with van der Waals surface area (Å²) in [4.78, 5) is 15.8. The average molecular weight is 874 g/mol. The van der Waals surface area contributed by atoms with Crippen molar-refractivity contribution < 1.29 is 0 Å². The summed E-state index contributed by atoms with van der Waals surface area (Å²) < 4.78 is 4.85. The highest BCUT2D eigenvalue weighted by atomic mass is 15.0. The van der Waals surface area contributed by atoms with Crippen molar-refractivity contribution in [1.82, 2.24) is 24.1 Å². The minimum atomic E-state index is -0.122. The van der Waals surface area contributed by atoms with Crippen LogP contribution in [0, 0.1) is 0 Å². The van der Waals surface area contributed by atoms with Crippen LogP contribution >= 0.6 is 0 Å². The van der Waals surface area contributed by atoms with Gasteiger partial charge in [0.2, 0.25) is 0 Å². The molecule has 5 nitrogen and oxygen atoms in total. The Morgan fingerprint density at radius 2 is 0.912 bits per heavy atom. The first kappa shape index (κ1) is 39.1. The Morgan fingerprint density at radius 3 is 1.54 bits per heavy atom. The maximum atomic E-state index is 5.34. The van der Waals surface area contributed by atoms with Crippen LogP contribution in [-0.2, 0) is 10.8 Å². The van der Waals surface area contributed by atoms with Crippen molar-refractivity contribution in [3.8, 4) is 56.7 Å². The first-order valence-corrected chi connectivity index (χ1v) is 23.9. The third kappa shape index (κ3) is 5.53. The van der Waals surface area contributed by atoms with E-state index >= 15 is 0 Å². The highest BCUT2D eigenvalue weighted by Crippen LogP contribution is 2.53. The second-order valence-corrected chi connectivity index (χ2v) is 19.9. The van der Waals surface area contributed by atoms with Gasteiger partial charge in [0, 0.05) is 60.4 Å². The Bertz CT molecular complexity index is 4020. The average Bonchev–Trinajstić information content (AvgIpc) is 4.04. The minimum Gasteiger partial charge on any atom is -0.309 e. The van der Waals surface area contributed by atoms with Gasteiger partial charge in [-0.15, -0.1) is 0 Å². The van der Waals surface area contributed by atoms with E-state index in [4.69, 9.17) is 15.0 Å². The lowest BCUT2D eigenvalue weighted by Gasteiger charge is -2.25. The Balaban J connectivity index is 0.928. The summed E-state index contributed by atoms with van der Waals surface area (Å²) in [5, 5.41) is 4.99. The van der Waals surface area contributed by atoms with E-state index in [1.54, 1.807) is 5.57 Å². The molecule has 0 bridgehead atoms. The van der Waals surface area contributed by atoms with Gasteiger partial charge in [-0.1, -0.05) is 161 Å². The number of hydrogen-bond donors (Lipinski definition) is 0. The fourth-order valence-corrected chi connectivity index (χ4v) is 12.1. The molecule has 0 saturated carbocycles. The highest BCUT2D eigenvalue weighted by molar-refractivity contribution is 6.13. The third-order valence-corrected chi connectivity index (χ3v) is 15.5. The standard InChI is InChI=1S/C63H47N5/c1-62(2)51-28-12-8-24-43(51)47-34-49-45-26-10-14-30-55(45)67(57(49)36-53(47)62)41-22-16-20-39(32-41)60-64-59(38-18-6-5-7-19-38)65-61(66-60)40-21-17-23-42(33-40)68-56-31-15-11-27-46(56)50-35-48-44-25-9-13-29-52(44)63(3,4)54(48)37-58(50)68/h5-12,14-28,30-37H,13,29H2,1-4H3. The van der Waals surface area contributed by atoms with Gasteiger partial charge in [-0.2, -0.15) is 0 Å². The van der Waals surface area contributed by atoms with Gasteiger partial charge < -0.3 is 9.13 Å². The minimum absolute atomic E-state index is 0.0374. The Hall–Kier alpha value is -8.15. The number of fused-ring (bicyclic) bond motifs is 11. The summed E-state index contributed by atoms with van der Waals surface area (Å²) in [7, 11) is 0. The molecule has 0 N–H and O–H groups in total. The Kier molecular flexibility index (Phi) is 8.14. The van der Waals surface area contributed by atoms with Crippen LogP contribution in [0.15, 0.2) is 194 Å². The van der Waals surface area contributed by atoms with Gasteiger partial charge in [-0.3, -0.25) is 0 Å². The molecule has 0 fully saturated rings. The van der Waals surface area contributed by atoms with Crippen molar-refractivity contribution in [2.45, 2.75) is 51.4 Å². The smallest absolute Gasteiger partial charge is 0.164 e. The topological polar surface area (TPSA) is 48.5 Å². The third-order valence-electron chi connectivity index (χ3n) is 15.5. The van der Waals surface area contributed by atoms with Crippen molar-refractivity contribution in [2.24, 2.45) is 0 Å². The van der Waals surface area contributed by atoms with Crippen molar-refractivity contribution in [3.05, 3.63) is 216 Å². The van der Waals surface area contributed by atoms with Gasteiger partial charge in [0.25, 0.3) is 0 Å². The van der Waals surface area contributed by atoms with Crippen LogP contribution in [0.3, 0.4) is 0 Å². The molecule has 3 aliphatic carbocycles. The second-order valence-electron chi connectivity index (χ2n) is 19.9. The van der Waals surface area contributed by atoms with E-state index in [0.717, 1.165) is 40.9 Å². The normalized spacial score (nSPS) is 15.4. The molecule has 3 aromatic heterocycles. The zero-order valence-electron chi connectivity index (χ0n) is 38.5. The van der Waals surface area contributed by atoms with Crippen LogP contribution in [-0.4, -0.2) is 24.1 Å². The fourth-order valence-electron chi connectivity index (χ4n) is 12.1. The first-order valence-electron chi connectivity index (χ1n) is 23.9. The van der Waals surface area contributed by atoms with E-state index in [1.165, 1.54) is 82.6 Å². The molecule has 0 radical (unpaired) electrons. The maximum Gasteiger partial charge on any atom is 0.164 e. The quantitative estimate of drug-likeness (QED) is 0.173. The summed E-state index contributed by atoms with van der Waals surface area (Å²) in [5.41, 5.74) is 20.6. The molecular formula is C63H47N5. The van der Waals surface area contributed by atoms with E-state index < -0.39 is 0 Å². The lowest BCUT2D eigenvalue weighted by molar-refractivity contribution is 0.608. The van der Waals surface area contributed by atoms with Crippen LogP contribution in [0.2, 0.25) is 0 Å². The summed E-state index contributed by atoms with van der Waals surface area (Å²) in [6.07, 6.45) is 6.91. The van der Waals surface area contributed by atoms with Crippen LogP contribution in [0.25, 0.3) is 106 Å². The number of nitrogens with zero attached hydrogens (tertiary/aromatic N) is 5. The summed E-state index contributed by atoms with van der Waals surface area (Å²) in [5.74, 6) is 1.89. The van der Waals surface area contributed by atoms with Gasteiger partial charge >= 0.3 is 0 Å². The van der Waals surface area contributed by atoms with E-state index in [1.807, 2.05) is 18.2 Å². The molecule has 68 heavy (non-hydrogen) atoms. The molecule has 11 aromatic rings. The SMILES string of the molecule is CC1(C)C2=C(C=CCC2)c2cc3c4ccccc4n(-c4cccc(-c5nc(-c6ccccc6)nc(-c6cccc(-n7c8ccccc8c8cc9c(cc87)C(C)(C)c7ccccc7-9)c6)n5)c4)c3cc21. The predicted molar refractivity (Wildman–Crippen MR) is 281 cm³/mol. The molecule has 8 aromatic carbocycles. The second kappa shape index (κ2) is 14.2. The van der Waals surface area contributed by atoms with E-state index in [0.29, 0.717) is 17.5 Å². The molecule has 0 unspecified atom stereocenters. The summed E-state index contributed by atoms with van der Waals surface area (Å²) in [6, 6.07) is 64.0. The monoisotopic (exact) mass is 873 g/mol. The number of hydrogen-bond acceptors (Lipinski definition) is 3. The van der Waals surface area contributed by atoms with Crippen LogP contribution in [0.1, 0.15) is 62.8 Å². The Morgan fingerprint density at radius 1 is 0.397 bits per heavy atom. The lowest BCUT2D eigenvalue weighted by Crippen LogP contribution is -2.17. The van der Waals surface area contributed by atoms with Crippen LogP contribution in [0.5, 0.6) is 0 Å². The molecule has 3 heterocycles. The summed E-state index contributed by atoms with van der Waals surface area (Å²) >= 11 is 0. The molecule has 0 spiro atoms. The van der Waals surface area contributed by atoms with Gasteiger partial charge in [-0.25, -0.2) is 15.0 Å². The van der Waals surface area contributed by atoms with E-state index in [-0.39, 0.29) is 10.8 Å². The zero-order chi connectivity index (χ0) is 45.5. The van der Waals surface area contributed by atoms with Crippen LogP contribution in [0.4, 0.5) is 0 Å². The van der Waals surface area contributed by atoms with Gasteiger partial charge in [0.05, 0.1) is 22.1 Å². The predicted octanol–water partition coefficient (Wildman–Crippen LogP) is 15.8. The van der Waals surface area contributed by atoms with E-state index in [9.17, 15) is 0 Å². The number of allylic oxidation sites excluding steroid dienone is 4. The molecule has 0 amide bonds. The molecule has 0 atom stereocenters. The molecule has 5 heteroatoms. The highest BCUT2D eigenvalue weighted by Gasteiger charge is 2.39. The number of para-hydroxylation sites is 2. The molecule has 324 valence electrons. The first-order chi connectivity index (χ1) is 33.2. The van der Waals surface area contributed by atoms with Gasteiger partial charge in [0.1, 0.15) is 0 Å². The van der Waals surface area contributed by atoms with Crippen molar-refractivity contribution in [3.63, 3.8) is 0 Å². The summed E-state index contributed by atoms with van der Waals surface area (Å²) in [6.45, 7) is 9.51. The number of benzene rings is 8. The maximum absolute atomic E-state index is 5.34. The van der Waals surface area contributed by atoms with Gasteiger partial charge in [-0.05, 0) is 112 Å². The van der Waals surface area contributed by atoms with Crippen LogP contribution < -0.4 is 0 Å². The fraction of sp³-hybridized carbons (Fsp3) is 0.127. The van der Waals surface area contributed by atoms with Crippen molar-refractivity contribution in [2.75, 3.05) is 0 Å². The van der Waals surface area contributed by atoms with Crippen molar-refractivity contribution >= 4 is 49.2 Å². The molecular weight excluding hydrogens is 827 g/mol. The number of aromatic nitrogens is 5. The van der Waals surface area contributed by atoms with Gasteiger partial charge in [0.15, 0.2) is 17.5 Å². The Labute approximate surface area is 395 Å². The van der Waals surface area contributed by atoms with E-state index in [2.05, 4.69) is 207 Å². The molecule has 3 aliphatic rings. The lowest BCUT2D eigenvalue weighted by atomic mass is 9.78. The number of rotatable bonds is 5. The largest absolute Gasteiger partial charge is 0.309 e. The molecule has 0 saturated heterocycles. The molecule has 14 rings (SSSR count). The molecule has 0 aliphatic heterocycles.